The molecule has 0 spiro atoms. The van der Waals surface area contributed by atoms with Crippen molar-refractivity contribution in [2.45, 2.75) is 113 Å². The molecule has 4 rings (SSSR count). The summed E-state index contributed by atoms with van der Waals surface area (Å²) in [6, 6.07) is 0. The lowest BCUT2D eigenvalue weighted by atomic mass is 9.41. The number of aliphatic hydroxyl groups excluding tert-OH is 2. The van der Waals surface area contributed by atoms with Crippen molar-refractivity contribution in [2.75, 3.05) is 0 Å². The van der Waals surface area contributed by atoms with E-state index in [-0.39, 0.29) is 39.5 Å². The van der Waals surface area contributed by atoms with Crippen molar-refractivity contribution in [3.05, 3.63) is 23.3 Å². The lowest BCUT2D eigenvalue weighted by Gasteiger charge is -2.64. The molecule has 4 aliphatic carbocycles. The summed E-state index contributed by atoms with van der Waals surface area (Å²) in [7, 11) is 0. The molecule has 0 bridgehead atoms. The van der Waals surface area contributed by atoms with E-state index in [4.69, 9.17) is 0 Å². The third-order valence-corrected chi connectivity index (χ3v) is 11.7. The molecule has 9 unspecified atom stereocenters. The molecule has 0 aromatic heterocycles. The van der Waals surface area contributed by atoms with E-state index in [1.165, 1.54) is 6.42 Å². The van der Waals surface area contributed by atoms with Gasteiger partial charge in [-0.1, -0.05) is 58.8 Å². The average Bonchev–Trinajstić information content (AvgIpc) is 3.01. The number of carbonyl (C=O) groups excluding carboxylic acids is 1. The Kier molecular flexibility index (Phi) is 6.14. The SMILES string of the molecule is CC(C)=CC(=O)C(O)C(C)C1CCC2(C)C3=CCC4C(C)(C)C(O)CCC4(C)C3CCC12C. The van der Waals surface area contributed by atoms with Crippen LogP contribution in [0.5, 0.6) is 0 Å². The van der Waals surface area contributed by atoms with Crippen LogP contribution in [0.3, 0.4) is 0 Å². The quantitative estimate of drug-likeness (QED) is 0.376. The van der Waals surface area contributed by atoms with E-state index in [2.05, 4.69) is 47.6 Å². The van der Waals surface area contributed by atoms with Crippen molar-refractivity contribution in [1.82, 2.24) is 0 Å². The molecule has 2 N–H and O–H groups in total. The molecule has 0 amide bonds. The molecule has 0 aromatic carbocycles. The van der Waals surface area contributed by atoms with Gasteiger partial charge in [0.2, 0.25) is 0 Å². The van der Waals surface area contributed by atoms with Crippen LogP contribution >= 0.6 is 0 Å². The Bertz CT molecular complexity index is 864. The molecule has 9 atom stereocenters. The van der Waals surface area contributed by atoms with Crippen LogP contribution < -0.4 is 0 Å². The lowest BCUT2D eigenvalue weighted by Crippen LogP contribution is -2.58. The van der Waals surface area contributed by atoms with Crippen molar-refractivity contribution < 1.29 is 15.0 Å². The maximum Gasteiger partial charge on any atom is 0.184 e. The van der Waals surface area contributed by atoms with Gasteiger partial charge in [-0.05, 0) is 110 Å². The Morgan fingerprint density at radius 2 is 1.73 bits per heavy atom. The molecular weight excluding hydrogens is 408 g/mol. The van der Waals surface area contributed by atoms with E-state index in [0.29, 0.717) is 17.8 Å². The van der Waals surface area contributed by atoms with Gasteiger partial charge in [-0.25, -0.2) is 0 Å². The Hall–Kier alpha value is -0.930. The maximum atomic E-state index is 12.7. The molecule has 0 aromatic rings. The summed E-state index contributed by atoms with van der Waals surface area (Å²) in [6.07, 6.45) is 10.8. The Morgan fingerprint density at radius 3 is 2.36 bits per heavy atom. The Labute approximate surface area is 202 Å². The normalized spacial score (nSPS) is 45.7. The predicted molar refractivity (Wildman–Crippen MR) is 135 cm³/mol. The number of ketones is 1. The van der Waals surface area contributed by atoms with E-state index in [0.717, 1.165) is 44.1 Å². The summed E-state index contributed by atoms with van der Waals surface area (Å²) in [5.41, 5.74) is 3.06. The van der Waals surface area contributed by atoms with Crippen molar-refractivity contribution in [1.29, 1.82) is 0 Å². The topological polar surface area (TPSA) is 57.5 Å². The van der Waals surface area contributed by atoms with Crippen molar-refractivity contribution >= 4 is 5.78 Å². The number of aliphatic hydroxyl groups is 2. The van der Waals surface area contributed by atoms with Crippen LogP contribution in [0.4, 0.5) is 0 Å². The highest BCUT2D eigenvalue weighted by Crippen LogP contribution is 2.73. The molecule has 3 nitrogen and oxygen atoms in total. The summed E-state index contributed by atoms with van der Waals surface area (Å²) in [6.45, 7) is 18.0. The average molecular weight is 457 g/mol. The molecule has 4 aliphatic rings. The smallest absolute Gasteiger partial charge is 0.184 e. The zero-order chi connectivity index (χ0) is 24.6. The van der Waals surface area contributed by atoms with Gasteiger partial charge in [0.1, 0.15) is 6.10 Å². The van der Waals surface area contributed by atoms with E-state index in [1.54, 1.807) is 11.6 Å². The van der Waals surface area contributed by atoms with Crippen LogP contribution in [0, 0.1) is 45.3 Å². The number of hydrogen-bond acceptors (Lipinski definition) is 3. The second kappa shape index (κ2) is 8.05. The first kappa shape index (κ1) is 25.2. The van der Waals surface area contributed by atoms with Gasteiger partial charge in [0, 0.05) is 0 Å². The molecule has 0 aliphatic heterocycles. The molecular formula is C30H48O3. The lowest BCUT2D eigenvalue weighted by molar-refractivity contribution is -0.135. The molecule has 3 saturated carbocycles. The van der Waals surface area contributed by atoms with Gasteiger partial charge in [-0.3, -0.25) is 4.79 Å². The van der Waals surface area contributed by atoms with Crippen molar-refractivity contribution in [2.24, 2.45) is 45.3 Å². The number of carbonyl (C=O) groups is 1. The summed E-state index contributed by atoms with van der Waals surface area (Å²) >= 11 is 0. The van der Waals surface area contributed by atoms with Crippen LogP contribution in [-0.4, -0.2) is 28.2 Å². The van der Waals surface area contributed by atoms with Crippen LogP contribution in [0.2, 0.25) is 0 Å². The maximum absolute atomic E-state index is 12.7. The molecule has 3 fully saturated rings. The molecule has 0 radical (unpaired) electrons. The first-order chi connectivity index (χ1) is 15.2. The van der Waals surface area contributed by atoms with Crippen LogP contribution in [0.25, 0.3) is 0 Å². The fraction of sp³-hybridized carbons (Fsp3) is 0.833. The summed E-state index contributed by atoms with van der Waals surface area (Å²) in [5, 5.41) is 21.8. The summed E-state index contributed by atoms with van der Waals surface area (Å²) < 4.78 is 0. The van der Waals surface area contributed by atoms with Gasteiger partial charge in [0.25, 0.3) is 0 Å². The van der Waals surface area contributed by atoms with Gasteiger partial charge in [-0.15, -0.1) is 0 Å². The zero-order valence-electron chi connectivity index (χ0n) is 22.4. The van der Waals surface area contributed by atoms with E-state index in [1.807, 2.05) is 13.8 Å². The highest BCUT2D eigenvalue weighted by molar-refractivity contribution is 5.94. The fourth-order valence-electron chi connectivity index (χ4n) is 9.43. The second-order valence-corrected chi connectivity index (χ2v) is 13.7. The number of rotatable bonds is 4. The fourth-order valence-corrected chi connectivity index (χ4v) is 9.43. The number of allylic oxidation sites excluding steroid dienone is 3. The largest absolute Gasteiger partial charge is 0.393 e. The molecule has 0 saturated heterocycles. The van der Waals surface area contributed by atoms with Crippen LogP contribution in [0.1, 0.15) is 100 Å². The van der Waals surface area contributed by atoms with Gasteiger partial charge in [0.15, 0.2) is 5.78 Å². The van der Waals surface area contributed by atoms with Crippen molar-refractivity contribution in [3.8, 4) is 0 Å². The summed E-state index contributed by atoms with van der Waals surface area (Å²) in [5.74, 6) is 1.29. The Morgan fingerprint density at radius 1 is 1.06 bits per heavy atom. The van der Waals surface area contributed by atoms with Crippen LogP contribution in [-0.2, 0) is 4.79 Å². The standard InChI is InChI=1S/C30H48O3/c1-18(2)17-23(31)26(33)19(3)20-11-15-30(8)22-9-10-24-27(4,5)25(32)13-14-28(24,6)21(22)12-16-29(20,30)7/h9,17,19-21,24-26,32-33H,10-16H2,1-8H3. The highest BCUT2D eigenvalue weighted by atomic mass is 16.3. The molecule has 33 heavy (non-hydrogen) atoms. The number of hydrogen-bond donors (Lipinski definition) is 2. The van der Waals surface area contributed by atoms with Crippen LogP contribution in [0.15, 0.2) is 23.3 Å². The minimum Gasteiger partial charge on any atom is -0.393 e. The highest BCUT2D eigenvalue weighted by Gasteiger charge is 2.65. The summed E-state index contributed by atoms with van der Waals surface area (Å²) in [4.78, 5) is 12.7. The third-order valence-electron chi connectivity index (χ3n) is 11.7. The van der Waals surface area contributed by atoms with E-state index < -0.39 is 6.10 Å². The zero-order valence-corrected chi connectivity index (χ0v) is 22.4. The van der Waals surface area contributed by atoms with Gasteiger partial charge in [-0.2, -0.15) is 0 Å². The minimum atomic E-state index is -0.912. The van der Waals surface area contributed by atoms with E-state index in [9.17, 15) is 15.0 Å². The molecule has 186 valence electrons. The molecule has 3 heteroatoms. The van der Waals surface area contributed by atoms with E-state index >= 15 is 0 Å². The minimum absolute atomic E-state index is 0.0345. The number of fused-ring (bicyclic) bond motifs is 5. The Balaban J connectivity index is 1.66. The first-order valence-corrected chi connectivity index (χ1v) is 13.5. The monoisotopic (exact) mass is 456 g/mol. The van der Waals surface area contributed by atoms with Crippen molar-refractivity contribution in [3.63, 3.8) is 0 Å². The van der Waals surface area contributed by atoms with Gasteiger partial charge in [0.05, 0.1) is 6.10 Å². The van der Waals surface area contributed by atoms with Gasteiger partial charge < -0.3 is 10.2 Å². The second-order valence-electron chi connectivity index (χ2n) is 13.7. The third kappa shape index (κ3) is 3.46. The first-order valence-electron chi connectivity index (χ1n) is 13.5. The predicted octanol–water partition coefficient (Wildman–Crippen LogP) is 6.48. The molecule has 0 heterocycles. The van der Waals surface area contributed by atoms with Gasteiger partial charge >= 0.3 is 0 Å².